The largest absolute Gasteiger partial charge is 0.388 e. The first kappa shape index (κ1) is 14.5. The zero-order valence-corrected chi connectivity index (χ0v) is 13.0. The first-order valence-electron chi connectivity index (χ1n) is 6.45. The second-order valence-electron chi connectivity index (χ2n) is 4.80. The van der Waals surface area contributed by atoms with Gasteiger partial charge in [0.25, 0.3) is 5.91 Å². The first-order chi connectivity index (χ1) is 9.52. The van der Waals surface area contributed by atoms with E-state index in [9.17, 15) is 4.79 Å². The third kappa shape index (κ3) is 2.99. The van der Waals surface area contributed by atoms with Crippen LogP contribution in [0.2, 0.25) is 0 Å². The Morgan fingerprint density at radius 2 is 2.15 bits per heavy atom. The summed E-state index contributed by atoms with van der Waals surface area (Å²) < 4.78 is 0. The van der Waals surface area contributed by atoms with Crippen LogP contribution in [0.4, 0.5) is 5.69 Å². The van der Waals surface area contributed by atoms with Crippen molar-refractivity contribution in [2.75, 3.05) is 19.4 Å². The molecule has 2 rings (SSSR count). The molecule has 1 amide bonds. The number of anilines is 1. The van der Waals surface area contributed by atoms with Crippen molar-refractivity contribution in [1.29, 1.82) is 0 Å². The second kappa shape index (κ2) is 6.05. The SMILES string of the molecule is CNc1ccc(C(=O)N(C)Cc2scnc2C)cc1C. The fourth-order valence-corrected chi connectivity index (χ4v) is 2.89. The van der Waals surface area contributed by atoms with Gasteiger partial charge in [0, 0.05) is 30.2 Å². The third-order valence-electron chi connectivity index (χ3n) is 3.32. The van der Waals surface area contributed by atoms with Crippen LogP contribution in [-0.4, -0.2) is 29.9 Å². The number of carbonyl (C=O) groups excluding carboxylic acids is 1. The van der Waals surface area contributed by atoms with Crippen LogP contribution < -0.4 is 5.32 Å². The van der Waals surface area contributed by atoms with Crippen LogP contribution >= 0.6 is 11.3 Å². The van der Waals surface area contributed by atoms with E-state index in [1.165, 1.54) is 0 Å². The van der Waals surface area contributed by atoms with Crippen molar-refractivity contribution in [3.63, 3.8) is 0 Å². The van der Waals surface area contributed by atoms with E-state index in [4.69, 9.17) is 0 Å². The van der Waals surface area contributed by atoms with Crippen LogP contribution in [0, 0.1) is 13.8 Å². The molecule has 1 N–H and O–H groups in total. The maximum atomic E-state index is 12.4. The molecular weight excluding hydrogens is 270 g/mol. The van der Waals surface area contributed by atoms with Gasteiger partial charge in [-0.2, -0.15) is 0 Å². The molecule has 1 heterocycles. The number of aromatic nitrogens is 1. The summed E-state index contributed by atoms with van der Waals surface area (Å²) in [6.45, 7) is 4.56. The fraction of sp³-hybridized carbons (Fsp3) is 0.333. The summed E-state index contributed by atoms with van der Waals surface area (Å²) in [5.74, 6) is 0.0311. The maximum absolute atomic E-state index is 12.4. The molecule has 0 saturated heterocycles. The summed E-state index contributed by atoms with van der Waals surface area (Å²) >= 11 is 1.58. The van der Waals surface area contributed by atoms with Gasteiger partial charge in [0.05, 0.1) is 17.7 Å². The smallest absolute Gasteiger partial charge is 0.253 e. The number of rotatable bonds is 4. The topological polar surface area (TPSA) is 45.2 Å². The number of carbonyl (C=O) groups is 1. The Bertz CT molecular complexity index is 621. The molecule has 0 spiro atoms. The highest BCUT2D eigenvalue weighted by Gasteiger charge is 2.14. The van der Waals surface area contributed by atoms with E-state index in [-0.39, 0.29) is 5.91 Å². The van der Waals surface area contributed by atoms with Crippen molar-refractivity contribution >= 4 is 22.9 Å². The Morgan fingerprint density at radius 3 is 2.70 bits per heavy atom. The van der Waals surface area contributed by atoms with E-state index >= 15 is 0 Å². The van der Waals surface area contributed by atoms with Crippen molar-refractivity contribution in [2.24, 2.45) is 0 Å². The third-order valence-corrected chi connectivity index (χ3v) is 4.23. The van der Waals surface area contributed by atoms with Crippen LogP contribution in [0.15, 0.2) is 23.7 Å². The summed E-state index contributed by atoms with van der Waals surface area (Å²) in [4.78, 5) is 19.5. The van der Waals surface area contributed by atoms with Crippen molar-refractivity contribution in [3.05, 3.63) is 45.4 Å². The standard InChI is InChI=1S/C15H19N3OS/c1-10-7-12(5-6-13(10)16-3)15(19)18(4)8-14-11(2)17-9-20-14/h5-7,9,16H,8H2,1-4H3. The normalized spacial score (nSPS) is 10.4. The number of thiazole rings is 1. The van der Waals surface area contributed by atoms with Crippen molar-refractivity contribution < 1.29 is 4.79 Å². The zero-order valence-electron chi connectivity index (χ0n) is 12.2. The Labute approximate surface area is 123 Å². The van der Waals surface area contributed by atoms with Crippen LogP contribution in [0.3, 0.4) is 0 Å². The maximum Gasteiger partial charge on any atom is 0.253 e. The van der Waals surface area contributed by atoms with Gasteiger partial charge in [-0.05, 0) is 37.6 Å². The average molecular weight is 289 g/mol. The summed E-state index contributed by atoms with van der Waals surface area (Å²) in [7, 11) is 3.70. The molecule has 106 valence electrons. The monoisotopic (exact) mass is 289 g/mol. The highest BCUT2D eigenvalue weighted by molar-refractivity contribution is 7.09. The molecule has 4 nitrogen and oxygen atoms in total. The number of amides is 1. The molecule has 0 atom stereocenters. The Hall–Kier alpha value is -1.88. The van der Waals surface area contributed by atoms with Gasteiger partial charge >= 0.3 is 0 Å². The highest BCUT2D eigenvalue weighted by atomic mass is 32.1. The predicted molar refractivity (Wildman–Crippen MR) is 83.4 cm³/mol. The van der Waals surface area contributed by atoms with E-state index in [0.717, 1.165) is 21.8 Å². The minimum atomic E-state index is 0.0311. The number of hydrogen-bond acceptors (Lipinski definition) is 4. The molecule has 0 fully saturated rings. The lowest BCUT2D eigenvalue weighted by atomic mass is 10.1. The van der Waals surface area contributed by atoms with E-state index in [2.05, 4.69) is 10.3 Å². The number of hydrogen-bond donors (Lipinski definition) is 1. The highest BCUT2D eigenvalue weighted by Crippen LogP contribution is 2.19. The molecule has 2 aromatic rings. The average Bonchev–Trinajstić information content (AvgIpc) is 2.83. The van der Waals surface area contributed by atoms with Gasteiger partial charge < -0.3 is 10.2 Å². The van der Waals surface area contributed by atoms with Gasteiger partial charge in [0.1, 0.15) is 0 Å². The van der Waals surface area contributed by atoms with E-state index in [0.29, 0.717) is 12.1 Å². The van der Waals surface area contributed by atoms with Gasteiger partial charge in [-0.1, -0.05) is 0 Å². The predicted octanol–water partition coefficient (Wildman–Crippen LogP) is 3.07. The molecule has 0 bridgehead atoms. The summed E-state index contributed by atoms with van der Waals surface area (Å²) in [6.07, 6.45) is 0. The van der Waals surface area contributed by atoms with Gasteiger partial charge in [0.2, 0.25) is 0 Å². The number of nitrogens with zero attached hydrogens (tertiary/aromatic N) is 2. The molecule has 0 aliphatic heterocycles. The minimum Gasteiger partial charge on any atom is -0.388 e. The van der Waals surface area contributed by atoms with Crippen molar-refractivity contribution in [1.82, 2.24) is 9.88 Å². The lowest BCUT2D eigenvalue weighted by molar-refractivity contribution is 0.0786. The fourth-order valence-electron chi connectivity index (χ4n) is 2.06. The van der Waals surface area contributed by atoms with E-state index in [1.54, 1.807) is 16.2 Å². The molecular formula is C15H19N3OS. The lowest BCUT2D eigenvalue weighted by Gasteiger charge is -2.17. The molecule has 0 radical (unpaired) electrons. The first-order valence-corrected chi connectivity index (χ1v) is 7.33. The van der Waals surface area contributed by atoms with Crippen LogP contribution in [-0.2, 0) is 6.54 Å². The van der Waals surface area contributed by atoms with Gasteiger partial charge in [0.15, 0.2) is 0 Å². The molecule has 20 heavy (non-hydrogen) atoms. The van der Waals surface area contributed by atoms with Crippen molar-refractivity contribution in [3.8, 4) is 0 Å². The summed E-state index contributed by atoms with van der Waals surface area (Å²) in [5.41, 5.74) is 5.64. The number of aryl methyl sites for hydroxylation is 2. The molecule has 5 heteroatoms. The van der Waals surface area contributed by atoms with Gasteiger partial charge in [-0.15, -0.1) is 11.3 Å². The van der Waals surface area contributed by atoms with Crippen LogP contribution in [0.1, 0.15) is 26.5 Å². The second-order valence-corrected chi connectivity index (χ2v) is 5.74. The van der Waals surface area contributed by atoms with Crippen molar-refractivity contribution in [2.45, 2.75) is 20.4 Å². The van der Waals surface area contributed by atoms with E-state index in [1.807, 2.05) is 51.7 Å². The molecule has 0 saturated carbocycles. The Morgan fingerprint density at radius 1 is 1.40 bits per heavy atom. The quantitative estimate of drug-likeness (QED) is 0.941. The van der Waals surface area contributed by atoms with E-state index < -0.39 is 0 Å². The van der Waals surface area contributed by atoms with Crippen LogP contribution in [0.5, 0.6) is 0 Å². The van der Waals surface area contributed by atoms with Gasteiger partial charge in [-0.3, -0.25) is 4.79 Å². The summed E-state index contributed by atoms with van der Waals surface area (Å²) in [6, 6.07) is 5.72. The van der Waals surface area contributed by atoms with Gasteiger partial charge in [-0.25, -0.2) is 4.98 Å². The Kier molecular flexibility index (Phi) is 4.39. The number of benzene rings is 1. The molecule has 0 aliphatic rings. The lowest BCUT2D eigenvalue weighted by Crippen LogP contribution is -2.26. The molecule has 1 aromatic carbocycles. The molecule has 0 aliphatic carbocycles. The van der Waals surface area contributed by atoms with Crippen LogP contribution in [0.25, 0.3) is 0 Å². The molecule has 1 aromatic heterocycles. The zero-order chi connectivity index (χ0) is 14.7. The molecule has 0 unspecified atom stereocenters. The minimum absolute atomic E-state index is 0.0311. The summed E-state index contributed by atoms with van der Waals surface area (Å²) in [5, 5.41) is 3.10. The number of nitrogens with one attached hydrogen (secondary N) is 1. The Balaban J connectivity index is 2.14.